The number of aromatic nitrogens is 1. The predicted octanol–water partition coefficient (Wildman–Crippen LogP) is 2.25. The van der Waals surface area contributed by atoms with Crippen LogP contribution in [0.5, 0.6) is 5.75 Å². The summed E-state index contributed by atoms with van der Waals surface area (Å²) < 4.78 is 6.08. The van der Waals surface area contributed by atoms with E-state index in [0.717, 1.165) is 40.1 Å². The van der Waals surface area contributed by atoms with Gasteiger partial charge in [-0.2, -0.15) is 11.8 Å². The predicted molar refractivity (Wildman–Crippen MR) is 91.1 cm³/mol. The number of nitrogens with one attached hydrogen (secondary N) is 1. The van der Waals surface area contributed by atoms with E-state index in [1.54, 1.807) is 6.07 Å². The van der Waals surface area contributed by atoms with Gasteiger partial charge in [0.2, 0.25) is 5.56 Å². The molecule has 2 heterocycles. The van der Waals surface area contributed by atoms with Crippen molar-refractivity contribution in [2.45, 2.75) is 19.4 Å². The van der Waals surface area contributed by atoms with Gasteiger partial charge >= 0.3 is 0 Å². The highest BCUT2D eigenvalue weighted by Gasteiger charge is 2.25. The van der Waals surface area contributed by atoms with Crippen LogP contribution in [-0.2, 0) is 6.42 Å². The van der Waals surface area contributed by atoms with E-state index < -0.39 is 0 Å². The van der Waals surface area contributed by atoms with E-state index in [1.165, 1.54) is 5.56 Å². The molecule has 0 radical (unpaired) electrons. The van der Waals surface area contributed by atoms with Crippen molar-refractivity contribution in [1.29, 1.82) is 0 Å². The second-order valence-corrected chi connectivity index (χ2v) is 6.25. The van der Waals surface area contributed by atoms with Crippen molar-refractivity contribution in [2.75, 3.05) is 18.1 Å². The third-order valence-corrected chi connectivity index (χ3v) is 4.67. The van der Waals surface area contributed by atoms with Gasteiger partial charge in [0.05, 0.1) is 5.52 Å². The van der Waals surface area contributed by atoms with Gasteiger partial charge in [0.1, 0.15) is 11.9 Å². The molecule has 1 unspecified atom stereocenters. The Bertz CT molecular complexity index is 702. The number of aryl methyl sites for hydroxylation is 1. The summed E-state index contributed by atoms with van der Waals surface area (Å²) in [6.07, 6.45) is 1.14. The zero-order valence-corrected chi connectivity index (χ0v) is 13.5. The van der Waals surface area contributed by atoms with Crippen LogP contribution in [0.4, 0.5) is 0 Å². The molecular formula is C15H19ClN2O2S. The molecule has 1 aromatic heterocycles. The first kappa shape index (κ1) is 16.2. The lowest BCUT2D eigenvalue weighted by atomic mass is 10.0. The molecule has 2 aromatic rings. The van der Waals surface area contributed by atoms with Gasteiger partial charge < -0.3 is 15.5 Å². The summed E-state index contributed by atoms with van der Waals surface area (Å²) >= 11 is 1.83. The number of aromatic amines is 1. The Balaban J connectivity index is 0.00000161. The molecule has 0 bridgehead atoms. The number of hydrogen-bond acceptors (Lipinski definition) is 4. The van der Waals surface area contributed by atoms with E-state index in [-0.39, 0.29) is 24.1 Å². The Morgan fingerprint density at radius 1 is 1.48 bits per heavy atom. The molecule has 1 aliphatic rings. The maximum absolute atomic E-state index is 11.5. The molecule has 4 nitrogen and oxygen atoms in total. The molecular weight excluding hydrogens is 308 g/mol. The molecule has 0 amide bonds. The smallest absolute Gasteiger partial charge is 0.248 e. The Kier molecular flexibility index (Phi) is 5.19. The highest BCUT2D eigenvalue weighted by atomic mass is 35.5. The van der Waals surface area contributed by atoms with Crippen LogP contribution in [0.1, 0.15) is 11.1 Å². The maximum Gasteiger partial charge on any atom is 0.248 e. The third-order valence-electron chi connectivity index (χ3n) is 3.54. The van der Waals surface area contributed by atoms with Gasteiger partial charge in [-0.15, -0.1) is 12.4 Å². The van der Waals surface area contributed by atoms with Crippen molar-refractivity contribution in [1.82, 2.24) is 4.98 Å². The van der Waals surface area contributed by atoms with Gasteiger partial charge in [-0.3, -0.25) is 4.79 Å². The van der Waals surface area contributed by atoms with Crippen LogP contribution in [0.25, 0.3) is 10.9 Å². The van der Waals surface area contributed by atoms with Crippen molar-refractivity contribution >= 4 is 35.1 Å². The van der Waals surface area contributed by atoms with Crippen LogP contribution < -0.4 is 16.0 Å². The lowest BCUT2D eigenvalue weighted by Crippen LogP contribution is -2.17. The summed E-state index contributed by atoms with van der Waals surface area (Å²) in [7, 11) is 0. The van der Waals surface area contributed by atoms with Crippen LogP contribution in [0, 0.1) is 6.92 Å². The molecule has 3 rings (SSSR count). The number of halogens is 1. The average Bonchev–Trinajstić information content (AvgIpc) is 2.82. The Morgan fingerprint density at radius 2 is 2.29 bits per heavy atom. The first-order valence-electron chi connectivity index (χ1n) is 6.79. The van der Waals surface area contributed by atoms with Crippen molar-refractivity contribution in [2.24, 2.45) is 5.73 Å². The van der Waals surface area contributed by atoms with Gasteiger partial charge in [0.25, 0.3) is 0 Å². The first-order valence-corrected chi connectivity index (χ1v) is 7.94. The average molecular weight is 327 g/mol. The number of rotatable bonds is 4. The number of benzene rings is 1. The molecule has 21 heavy (non-hydrogen) atoms. The zero-order valence-electron chi connectivity index (χ0n) is 11.8. The molecule has 114 valence electrons. The number of nitrogens with two attached hydrogens (primary N) is 1. The Labute approximate surface area is 133 Å². The molecule has 1 aliphatic heterocycles. The SMILES string of the molecule is Cc1cc2c(c3ccc(=O)[nH]c13)OC(CSCCN)C2.Cl. The van der Waals surface area contributed by atoms with E-state index >= 15 is 0 Å². The topological polar surface area (TPSA) is 68.1 Å². The molecule has 1 atom stereocenters. The maximum atomic E-state index is 11.5. The fourth-order valence-corrected chi connectivity index (χ4v) is 3.46. The highest BCUT2D eigenvalue weighted by molar-refractivity contribution is 7.99. The van der Waals surface area contributed by atoms with Crippen LogP contribution in [0.15, 0.2) is 23.0 Å². The minimum atomic E-state index is -0.0754. The lowest BCUT2D eigenvalue weighted by molar-refractivity contribution is 0.262. The number of hydrogen-bond donors (Lipinski definition) is 2. The van der Waals surface area contributed by atoms with Gasteiger partial charge in [-0.25, -0.2) is 0 Å². The molecule has 3 N–H and O–H groups in total. The van der Waals surface area contributed by atoms with Crippen molar-refractivity contribution in [3.63, 3.8) is 0 Å². The van der Waals surface area contributed by atoms with Gasteiger partial charge in [-0.1, -0.05) is 6.07 Å². The van der Waals surface area contributed by atoms with Gasteiger partial charge in [0.15, 0.2) is 0 Å². The quantitative estimate of drug-likeness (QED) is 0.846. The largest absolute Gasteiger partial charge is 0.488 e. The van der Waals surface area contributed by atoms with E-state index in [2.05, 4.69) is 11.1 Å². The lowest BCUT2D eigenvalue weighted by Gasteiger charge is -2.11. The molecule has 0 saturated carbocycles. The number of pyridine rings is 1. The van der Waals surface area contributed by atoms with E-state index in [9.17, 15) is 4.79 Å². The van der Waals surface area contributed by atoms with E-state index in [0.29, 0.717) is 6.54 Å². The fraction of sp³-hybridized carbons (Fsp3) is 0.400. The molecule has 6 heteroatoms. The molecule has 0 spiro atoms. The van der Waals surface area contributed by atoms with Crippen LogP contribution in [0.2, 0.25) is 0 Å². The summed E-state index contributed by atoms with van der Waals surface area (Å²) in [6.45, 7) is 2.72. The summed E-state index contributed by atoms with van der Waals surface area (Å²) in [5, 5.41) is 1.01. The summed E-state index contributed by atoms with van der Waals surface area (Å²) in [4.78, 5) is 14.4. The number of fused-ring (bicyclic) bond motifs is 3. The van der Waals surface area contributed by atoms with Crippen LogP contribution in [-0.4, -0.2) is 29.1 Å². The third kappa shape index (κ3) is 3.20. The molecule has 0 aliphatic carbocycles. The zero-order chi connectivity index (χ0) is 14.1. The van der Waals surface area contributed by atoms with Crippen LogP contribution >= 0.6 is 24.2 Å². The highest BCUT2D eigenvalue weighted by Crippen LogP contribution is 2.37. The van der Waals surface area contributed by atoms with Crippen molar-refractivity contribution in [3.8, 4) is 5.75 Å². The molecule has 0 fully saturated rings. The van der Waals surface area contributed by atoms with E-state index in [1.807, 2.05) is 24.8 Å². The Hall–Kier alpha value is -1.17. The summed E-state index contributed by atoms with van der Waals surface area (Å²) in [5.74, 6) is 2.85. The number of thioether (sulfide) groups is 1. The number of H-pyrrole nitrogens is 1. The minimum absolute atomic E-state index is 0. The van der Waals surface area contributed by atoms with Crippen LogP contribution in [0.3, 0.4) is 0 Å². The Morgan fingerprint density at radius 3 is 3.05 bits per heavy atom. The van der Waals surface area contributed by atoms with Gasteiger partial charge in [0, 0.05) is 35.9 Å². The summed E-state index contributed by atoms with van der Waals surface area (Å²) in [5.41, 5.74) is 8.65. The first-order chi connectivity index (χ1) is 9.69. The van der Waals surface area contributed by atoms with Crippen molar-refractivity contribution in [3.05, 3.63) is 39.7 Å². The summed E-state index contributed by atoms with van der Waals surface area (Å²) in [6, 6.07) is 5.54. The second kappa shape index (κ2) is 6.73. The standard InChI is InChI=1S/C15H18N2O2S.ClH/c1-9-6-10-7-11(8-20-5-4-16)19-15(10)12-2-3-13(18)17-14(9)12;/h2-3,6,11H,4-5,7-8,16H2,1H3,(H,17,18);1H. The second-order valence-electron chi connectivity index (χ2n) is 5.10. The normalized spacial score (nSPS) is 16.4. The monoisotopic (exact) mass is 326 g/mol. The van der Waals surface area contributed by atoms with Crippen molar-refractivity contribution < 1.29 is 4.74 Å². The minimum Gasteiger partial charge on any atom is -0.488 e. The van der Waals surface area contributed by atoms with E-state index in [4.69, 9.17) is 10.5 Å². The fourth-order valence-electron chi connectivity index (χ4n) is 2.68. The van der Waals surface area contributed by atoms with Gasteiger partial charge in [-0.05, 0) is 24.1 Å². The molecule has 1 aromatic carbocycles. The number of ether oxygens (including phenoxy) is 1. The molecule has 0 saturated heterocycles.